The maximum absolute atomic E-state index is 12.1. The lowest BCUT2D eigenvalue weighted by atomic mass is 10.1. The molecule has 0 heterocycles. The van der Waals surface area contributed by atoms with Crippen LogP contribution < -0.4 is 4.90 Å². The Morgan fingerprint density at radius 1 is 1.07 bits per heavy atom. The number of hydrogen-bond donors (Lipinski definition) is 0. The van der Waals surface area contributed by atoms with Crippen LogP contribution in [0.25, 0.3) is 0 Å². The first-order valence-electron chi connectivity index (χ1n) is 8.23. The van der Waals surface area contributed by atoms with Crippen molar-refractivity contribution in [3.8, 4) is 0 Å². The molecule has 29 heavy (non-hydrogen) atoms. The van der Waals surface area contributed by atoms with E-state index in [0.717, 1.165) is 18.6 Å². The summed E-state index contributed by atoms with van der Waals surface area (Å²) in [6.45, 7) is 0.951. The number of esters is 1. The highest BCUT2D eigenvalue weighted by Gasteiger charge is 2.23. The quantitative estimate of drug-likeness (QED) is 0.187. The van der Waals surface area contributed by atoms with Crippen molar-refractivity contribution in [3.05, 3.63) is 33.9 Å². The van der Waals surface area contributed by atoms with Crippen LogP contribution in [-0.2, 0) is 33.3 Å². The maximum Gasteiger partial charge on any atom is 0.345 e. The van der Waals surface area contributed by atoms with Gasteiger partial charge < -0.3 is 9.64 Å². The van der Waals surface area contributed by atoms with Crippen molar-refractivity contribution in [1.29, 1.82) is 0 Å². The van der Waals surface area contributed by atoms with Crippen molar-refractivity contribution >= 4 is 37.6 Å². The summed E-state index contributed by atoms with van der Waals surface area (Å²) in [5.74, 6) is -0.902. The van der Waals surface area contributed by atoms with Gasteiger partial charge in [-0.05, 0) is 19.1 Å². The van der Waals surface area contributed by atoms with Gasteiger partial charge in [0.2, 0.25) is 0 Å². The Labute approximate surface area is 168 Å². The number of anilines is 1. The minimum atomic E-state index is -3.71. The molecule has 0 saturated heterocycles. The van der Waals surface area contributed by atoms with Gasteiger partial charge in [0.1, 0.15) is 5.56 Å². The molecule has 1 aromatic carbocycles. The van der Waals surface area contributed by atoms with Crippen molar-refractivity contribution in [2.45, 2.75) is 6.92 Å². The van der Waals surface area contributed by atoms with Gasteiger partial charge in [-0.1, -0.05) is 0 Å². The lowest BCUT2D eigenvalue weighted by molar-refractivity contribution is -0.385. The second-order valence-corrected chi connectivity index (χ2v) is 9.01. The van der Waals surface area contributed by atoms with E-state index in [1.54, 1.807) is 6.92 Å². The summed E-state index contributed by atoms with van der Waals surface area (Å²) >= 11 is 0. The van der Waals surface area contributed by atoms with Crippen LogP contribution in [-0.4, -0.2) is 73.1 Å². The Hall–Kier alpha value is -2.29. The summed E-state index contributed by atoms with van der Waals surface area (Å²) in [5.41, 5.74) is -0.479. The van der Waals surface area contributed by atoms with Crippen LogP contribution in [0.15, 0.2) is 18.2 Å². The van der Waals surface area contributed by atoms with Crippen LogP contribution in [0.2, 0.25) is 0 Å². The van der Waals surface area contributed by atoms with Gasteiger partial charge in [-0.15, -0.1) is 0 Å². The van der Waals surface area contributed by atoms with Gasteiger partial charge in [0.25, 0.3) is 25.9 Å². The first-order valence-corrected chi connectivity index (χ1v) is 11.9. The molecule has 1 rings (SSSR count). The molecule has 0 unspecified atom stereocenters. The van der Waals surface area contributed by atoms with Gasteiger partial charge >= 0.3 is 5.97 Å². The van der Waals surface area contributed by atoms with Crippen molar-refractivity contribution in [1.82, 2.24) is 0 Å². The molecule has 0 aromatic heterocycles. The van der Waals surface area contributed by atoms with Crippen LogP contribution in [0.4, 0.5) is 11.4 Å². The van der Waals surface area contributed by atoms with Crippen LogP contribution in [0.5, 0.6) is 0 Å². The van der Waals surface area contributed by atoms with E-state index in [0.29, 0.717) is 0 Å². The van der Waals surface area contributed by atoms with E-state index in [-0.39, 0.29) is 44.2 Å². The number of carbonyl (C=O) groups excluding carboxylic acids is 1. The number of carbonyl (C=O) groups is 1. The average molecular weight is 454 g/mol. The highest BCUT2D eigenvalue weighted by molar-refractivity contribution is 7.86. The highest BCUT2D eigenvalue weighted by atomic mass is 32.2. The number of nitro groups is 1. The van der Waals surface area contributed by atoms with Crippen molar-refractivity contribution < 1.29 is 39.7 Å². The third-order valence-electron chi connectivity index (χ3n) is 3.35. The van der Waals surface area contributed by atoms with E-state index in [1.165, 1.54) is 17.0 Å². The summed E-state index contributed by atoms with van der Waals surface area (Å²) in [6, 6.07) is 3.64. The second kappa shape index (κ2) is 10.5. The zero-order valence-corrected chi connectivity index (χ0v) is 17.7. The maximum atomic E-state index is 12.1. The molecule has 0 N–H and O–H groups in total. The molecule has 0 amide bonds. The predicted molar refractivity (Wildman–Crippen MR) is 103 cm³/mol. The number of nitro benzene ring substituents is 1. The molecule has 0 saturated carbocycles. The SMILES string of the molecule is CCOC(=O)c1cc(N(CCOS(C)(=O)=O)CCOS(C)(=O)=O)ccc1[N+](=O)[O-]. The number of hydrogen-bond acceptors (Lipinski definition) is 11. The second-order valence-electron chi connectivity index (χ2n) is 5.72. The number of nitrogens with zero attached hydrogens (tertiary/aromatic N) is 2. The lowest BCUT2D eigenvalue weighted by Crippen LogP contribution is -2.32. The van der Waals surface area contributed by atoms with Crippen LogP contribution in [0.3, 0.4) is 0 Å². The molecule has 0 atom stereocenters. The Balaban J connectivity index is 3.18. The van der Waals surface area contributed by atoms with E-state index in [4.69, 9.17) is 4.74 Å². The molecule has 0 aliphatic rings. The largest absolute Gasteiger partial charge is 0.462 e. The molecule has 12 nitrogen and oxygen atoms in total. The predicted octanol–water partition coefficient (Wildman–Crippen LogP) is 0.530. The summed E-state index contributed by atoms with van der Waals surface area (Å²) in [6.07, 6.45) is 1.74. The first kappa shape index (κ1) is 24.7. The number of rotatable bonds is 12. The molecule has 1 aromatic rings. The average Bonchev–Trinajstić information content (AvgIpc) is 2.58. The van der Waals surface area contributed by atoms with Crippen LogP contribution >= 0.6 is 0 Å². The first-order chi connectivity index (χ1) is 13.3. The van der Waals surface area contributed by atoms with Crippen molar-refractivity contribution in [2.75, 3.05) is 50.3 Å². The smallest absolute Gasteiger partial charge is 0.345 e. The molecule has 14 heteroatoms. The van der Waals surface area contributed by atoms with Gasteiger partial charge in [-0.3, -0.25) is 18.5 Å². The van der Waals surface area contributed by atoms with Crippen LogP contribution in [0, 0.1) is 10.1 Å². The summed E-state index contributed by atoms with van der Waals surface area (Å²) in [4.78, 5) is 24.0. The Kier molecular flexibility index (Phi) is 8.94. The van der Waals surface area contributed by atoms with Crippen molar-refractivity contribution in [3.63, 3.8) is 0 Å². The van der Waals surface area contributed by atoms with E-state index in [9.17, 15) is 31.7 Å². The fourth-order valence-corrected chi connectivity index (χ4v) is 2.97. The molecule has 0 aliphatic heterocycles. The third kappa shape index (κ3) is 9.17. The minimum Gasteiger partial charge on any atom is -0.462 e. The van der Waals surface area contributed by atoms with E-state index in [1.807, 2.05) is 0 Å². The molecular weight excluding hydrogens is 432 g/mol. The minimum absolute atomic E-state index is 0.00826. The summed E-state index contributed by atoms with van der Waals surface area (Å²) in [5, 5.41) is 11.2. The molecule has 0 spiro atoms. The number of ether oxygens (including phenoxy) is 1. The standard InChI is InChI=1S/C15H22N2O10S2/c1-4-25-15(18)13-11-12(5-6-14(13)17(19)20)16(7-9-26-28(2,21)22)8-10-27-29(3,23)24/h5-6,11H,4,7-10H2,1-3H3. The summed E-state index contributed by atoms with van der Waals surface area (Å²) < 4.78 is 58.8. The Morgan fingerprint density at radius 3 is 2.00 bits per heavy atom. The monoisotopic (exact) mass is 454 g/mol. The number of benzene rings is 1. The zero-order valence-electron chi connectivity index (χ0n) is 16.1. The Morgan fingerprint density at radius 2 is 1.59 bits per heavy atom. The molecule has 0 aliphatic carbocycles. The topological polar surface area (TPSA) is 159 Å². The molecule has 0 fully saturated rings. The molecule has 164 valence electrons. The van der Waals surface area contributed by atoms with E-state index >= 15 is 0 Å². The van der Waals surface area contributed by atoms with Gasteiger partial charge in [0.15, 0.2) is 0 Å². The highest BCUT2D eigenvalue weighted by Crippen LogP contribution is 2.26. The molecule has 0 bridgehead atoms. The summed E-state index contributed by atoms with van der Waals surface area (Å²) in [7, 11) is -7.42. The molecular formula is C15H22N2O10S2. The van der Waals surface area contributed by atoms with E-state index < -0.39 is 36.8 Å². The lowest BCUT2D eigenvalue weighted by Gasteiger charge is -2.24. The van der Waals surface area contributed by atoms with Gasteiger partial charge in [0.05, 0.1) is 37.3 Å². The van der Waals surface area contributed by atoms with Crippen LogP contribution in [0.1, 0.15) is 17.3 Å². The fraction of sp³-hybridized carbons (Fsp3) is 0.533. The van der Waals surface area contributed by atoms with Gasteiger partial charge in [-0.25, -0.2) is 4.79 Å². The fourth-order valence-electron chi connectivity index (χ4n) is 2.22. The van der Waals surface area contributed by atoms with E-state index in [2.05, 4.69) is 8.37 Å². The van der Waals surface area contributed by atoms with Crippen molar-refractivity contribution in [2.24, 2.45) is 0 Å². The molecule has 0 radical (unpaired) electrons. The Bertz CT molecular complexity index is 906. The zero-order chi connectivity index (χ0) is 22.2. The van der Waals surface area contributed by atoms with Gasteiger partial charge in [-0.2, -0.15) is 16.8 Å². The van der Waals surface area contributed by atoms with Gasteiger partial charge in [0, 0.05) is 24.8 Å². The third-order valence-corrected chi connectivity index (χ3v) is 4.54. The normalized spacial score (nSPS) is 11.8.